The number of hydroxylamine groups is 1. The van der Waals surface area contributed by atoms with Crippen molar-refractivity contribution in [1.29, 1.82) is 5.26 Å². The van der Waals surface area contributed by atoms with Crippen LogP contribution in [0.3, 0.4) is 0 Å². The summed E-state index contributed by atoms with van der Waals surface area (Å²) in [6.07, 6.45) is 0. The molecule has 0 saturated carbocycles. The second-order valence-electron chi connectivity index (χ2n) is 3.20. The van der Waals surface area contributed by atoms with Crippen LogP contribution in [0.5, 0.6) is 0 Å². The SMILES string of the molecule is N#CC(CNOCC(N)=O)c1ccccc1. The lowest BCUT2D eigenvalue weighted by atomic mass is 10.0. The third kappa shape index (κ3) is 4.09. The highest BCUT2D eigenvalue weighted by Crippen LogP contribution is 2.12. The van der Waals surface area contributed by atoms with Gasteiger partial charge in [-0.15, -0.1) is 0 Å². The summed E-state index contributed by atoms with van der Waals surface area (Å²) in [7, 11) is 0. The topological polar surface area (TPSA) is 88.1 Å². The van der Waals surface area contributed by atoms with Gasteiger partial charge in [-0.05, 0) is 5.56 Å². The van der Waals surface area contributed by atoms with Crippen molar-refractivity contribution < 1.29 is 9.63 Å². The number of hydrogen-bond donors (Lipinski definition) is 2. The minimum atomic E-state index is -0.555. The molecule has 0 aliphatic rings. The highest BCUT2D eigenvalue weighted by atomic mass is 16.6. The zero-order valence-electron chi connectivity index (χ0n) is 8.72. The monoisotopic (exact) mass is 219 g/mol. The zero-order valence-corrected chi connectivity index (χ0v) is 8.72. The lowest BCUT2D eigenvalue weighted by Gasteiger charge is -2.09. The van der Waals surface area contributed by atoms with Crippen molar-refractivity contribution in [3.8, 4) is 6.07 Å². The van der Waals surface area contributed by atoms with Crippen LogP contribution in [0.2, 0.25) is 0 Å². The van der Waals surface area contributed by atoms with Crippen molar-refractivity contribution in [2.45, 2.75) is 5.92 Å². The van der Waals surface area contributed by atoms with Gasteiger partial charge < -0.3 is 5.73 Å². The van der Waals surface area contributed by atoms with E-state index in [4.69, 9.17) is 15.8 Å². The molecule has 0 fully saturated rings. The molecule has 0 heterocycles. The predicted octanol–water partition coefficient (Wildman–Crippen LogP) is 0.300. The summed E-state index contributed by atoms with van der Waals surface area (Å²) < 4.78 is 0. The molecule has 0 aromatic heterocycles. The molecule has 84 valence electrons. The van der Waals surface area contributed by atoms with Gasteiger partial charge in [0, 0.05) is 6.54 Å². The van der Waals surface area contributed by atoms with Gasteiger partial charge in [0.05, 0.1) is 12.0 Å². The molecule has 0 saturated heterocycles. The molecule has 1 atom stereocenters. The zero-order chi connectivity index (χ0) is 11.8. The minimum absolute atomic E-state index is 0.201. The molecule has 1 unspecified atom stereocenters. The third-order valence-corrected chi connectivity index (χ3v) is 1.96. The van der Waals surface area contributed by atoms with Crippen LogP contribution >= 0.6 is 0 Å². The van der Waals surface area contributed by atoms with E-state index in [2.05, 4.69) is 11.5 Å². The summed E-state index contributed by atoms with van der Waals surface area (Å²) >= 11 is 0. The van der Waals surface area contributed by atoms with Crippen LogP contribution < -0.4 is 11.2 Å². The van der Waals surface area contributed by atoms with E-state index in [1.54, 1.807) is 0 Å². The molecule has 1 amide bonds. The molecule has 0 radical (unpaired) electrons. The Morgan fingerprint density at radius 3 is 2.75 bits per heavy atom. The van der Waals surface area contributed by atoms with E-state index < -0.39 is 5.91 Å². The number of hydrogen-bond acceptors (Lipinski definition) is 4. The molecule has 1 aromatic rings. The van der Waals surface area contributed by atoms with Crippen molar-refractivity contribution in [3.05, 3.63) is 35.9 Å². The summed E-state index contributed by atoms with van der Waals surface area (Å²) in [6.45, 7) is 0.112. The number of carbonyl (C=O) groups is 1. The fourth-order valence-corrected chi connectivity index (χ4v) is 1.19. The van der Waals surface area contributed by atoms with Crippen molar-refractivity contribution in [3.63, 3.8) is 0 Å². The number of carbonyl (C=O) groups excluding carboxylic acids is 1. The second kappa shape index (κ2) is 6.56. The smallest absolute Gasteiger partial charge is 0.245 e. The van der Waals surface area contributed by atoms with Gasteiger partial charge in [-0.25, -0.2) is 5.48 Å². The Balaban J connectivity index is 2.39. The molecule has 3 N–H and O–H groups in total. The van der Waals surface area contributed by atoms with E-state index in [0.717, 1.165) is 5.56 Å². The van der Waals surface area contributed by atoms with Crippen molar-refractivity contribution in [2.75, 3.05) is 13.2 Å². The number of nitrogens with two attached hydrogens (primary N) is 1. The highest BCUT2D eigenvalue weighted by molar-refractivity contribution is 5.74. The summed E-state index contributed by atoms with van der Waals surface area (Å²) in [5.41, 5.74) is 8.33. The van der Waals surface area contributed by atoms with E-state index in [-0.39, 0.29) is 12.5 Å². The Bertz CT molecular complexity index is 373. The number of nitrogens with one attached hydrogen (secondary N) is 1. The summed E-state index contributed by atoms with van der Waals surface area (Å²) in [5, 5.41) is 8.95. The molecule has 1 rings (SSSR count). The van der Waals surface area contributed by atoms with Crippen LogP contribution in [0.1, 0.15) is 11.5 Å². The number of primary amides is 1. The number of benzene rings is 1. The molecule has 5 heteroatoms. The molecule has 0 spiro atoms. The maximum Gasteiger partial charge on any atom is 0.245 e. The van der Waals surface area contributed by atoms with Crippen molar-refractivity contribution in [1.82, 2.24) is 5.48 Å². The van der Waals surface area contributed by atoms with E-state index in [1.165, 1.54) is 0 Å². The Labute approximate surface area is 93.8 Å². The lowest BCUT2D eigenvalue weighted by molar-refractivity contribution is -0.125. The van der Waals surface area contributed by atoms with Crippen LogP contribution in [-0.4, -0.2) is 19.1 Å². The first kappa shape index (κ1) is 12.2. The van der Waals surface area contributed by atoms with Crippen molar-refractivity contribution in [2.24, 2.45) is 5.73 Å². The molecule has 5 nitrogen and oxygen atoms in total. The largest absolute Gasteiger partial charge is 0.368 e. The van der Waals surface area contributed by atoms with E-state index in [1.807, 2.05) is 30.3 Å². The maximum absolute atomic E-state index is 10.4. The first-order chi connectivity index (χ1) is 7.74. The summed E-state index contributed by atoms with van der Waals surface area (Å²) in [4.78, 5) is 15.1. The van der Waals surface area contributed by atoms with E-state index in [9.17, 15) is 4.79 Å². The Morgan fingerprint density at radius 1 is 1.50 bits per heavy atom. The number of amides is 1. The normalized spacial score (nSPS) is 11.7. The predicted molar refractivity (Wildman–Crippen MR) is 57.9 cm³/mol. The molecule has 16 heavy (non-hydrogen) atoms. The molecule has 0 aliphatic carbocycles. The molecular weight excluding hydrogens is 206 g/mol. The van der Waals surface area contributed by atoms with Gasteiger partial charge in [-0.2, -0.15) is 5.26 Å². The maximum atomic E-state index is 10.4. The Kier molecular flexibility index (Phi) is 4.99. The van der Waals surface area contributed by atoms with Gasteiger partial charge in [-0.3, -0.25) is 9.63 Å². The minimum Gasteiger partial charge on any atom is -0.368 e. The first-order valence-electron chi connectivity index (χ1n) is 4.81. The molecule has 0 aliphatic heterocycles. The van der Waals surface area contributed by atoms with Gasteiger partial charge in [0.2, 0.25) is 5.91 Å². The second-order valence-corrected chi connectivity index (χ2v) is 3.20. The number of rotatable bonds is 6. The highest BCUT2D eigenvalue weighted by Gasteiger charge is 2.09. The van der Waals surface area contributed by atoms with Crippen LogP contribution in [-0.2, 0) is 9.63 Å². The van der Waals surface area contributed by atoms with Crippen LogP contribution in [0, 0.1) is 11.3 Å². The average Bonchev–Trinajstić information content (AvgIpc) is 2.30. The molecule has 0 bridgehead atoms. The van der Waals surface area contributed by atoms with Gasteiger partial charge in [-0.1, -0.05) is 30.3 Å². The van der Waals surface area contributed by atoms with Crippen LogP contribution in [0.15, 0.2) is 30.3 Å². The fourth-order valence-electron chi connectivity index (χ4n) is 1.19. The van der Waals surface area contributed by atoms with Crippen molar-refractivity contribution >= 4 is 5.91 Å². The standard InChI is InChI=1S/C11H13N3O2/c12-6-10(7-14-16-8-11(13)15)9-4-2-1-3-5-9/h1-5,10,14H,7-8H2,(H2,13,15). The molecular formula is C11H13N3O2. The summed E-state index contributed by atoms with van der Waals surface area (Å²) in [5.74, 6) is -0.866. The Hall–Kier alpha value is -1.90. The van der Waals surface area contributed by atoms with Gasteiger partial charge in [0.25, 0.3) is 0 Å². The lowest BCUT2D eigenvalue weighted by Crippen LogP contribution is -2.27. The van der Waals surface area contributed by atoms with Gasteiger partial charge >= 0.3 is 0 Å². The number of nitriles is 1. The van der Waals surface area contributed by atoms with Gasteiger partial charge in [0.15, 0.2) is 0 Å². The third-order valence-electron chi connectivity index (χ3n) is 1.96. The van der Waals surface area contributed by atoms with E-state index >= 15 is 0 Å². The first-order valence-corrected chi connectivity index (χ1v) is 4.81. The Morgan fingerprint density at radius 2 is 2.19 bits per heavy atom. The molecule has 1 aromatic carbocycles. The number of nitrogens with zero attached hydrogens (tertiary/aromatic N) is 1. The van der Waals surface area contributed by atoms with E-state index in [0.29, 0.717) is 6.54 Å². The van der Waals surface area contributed by atoms with Crippen LogP contribution in [0.4, 0.5) is 0 Å². The fraction of sp³-hybridized carbons (Fsp3) is 0.273. The van der Waals surface area contributed by atoms with Gasteiger partial charge in [0.1, 0.15) is 6.61 Å². The summed E-state index contributed by atoms with van der Waals surface area (Å²) in [6, 6.07) is 11.5. The van der Waals surface area contributed by atoms with Crippen LogP contribution in [0.25, 0.3) is 0 Å². The average molecular weight is 219 g/mol. The quantitative estimate of drug-likeness (QED) is 0.532.